The van der Waals surface area contributed by atoms with Crippen LogP contribution in [0, 0.1) is 0 Å². The van der Waals surface area contributed by atoms with E-state index < -0.39 is 0 Å². The SMILES string of the molecule is C=CCSCCNC(C)c1ccco1. The highest BCUT2D eigenvalue weighted by molar-refractivity contribution is 7.99. The predicted molar refractivity (Wildman–Crippen MR) is 62.6 cm³/mol. The van der Waals surface area contributed by atoms with Gasteiger partial charge in [-0.15, -0.1) is 6.58 Å². The van der Waals surface area contributed by atoms with E-state index in [4.69, 9.17) is 4.42 Å². The second-order valence-corrected chi connectivity index (χ2v) is 4.20. The standard InChI is InChI=1S/C11H17NOS/c1-3-8-14-9-6-12-10(2)11-5-4-7-13-11/h3-5,7,10,12H,1,6,8-9H2,2H3. The molecule has 0 saturated heterocycles. The first kappa shape index (κ1) is 11.4. The van der Waals surface area contributed by atoms with Crippen LogP contribution in [0.25, 0.3) is 0 Å². The first-order chi connectivity index (χ1) is 6.84. The molecule has 78 valence electrons. The molecule has 0 amide bonds. The number of thioether (sulfide) groups is 1. The number of hydrogen-bond donors (Lipinski definition) is 1. The Kier molecular flexibility index (Phi) is 5.49. The van der Waals surface area contributed by atoms with Crippen LogP contribution in [0.5, 0.6) is 0 Å². The molecular weight excluding hydrogens is 194 g/mol. The smallest absolute Gasteiger partial charge is 0.120 e. The third-order valence-electron chi connectivity index (χ3n) is 1.90. The summed E-state index contributed by atoms with van der Waals surface area (Å²) in [6.45, 7) is 6.79. The fourth-order valence-corrected chi connectivity index (χ4v) is 1.75. The summed E-state index contributed by atoms with van der Waals surface area (Å²) in [5.41, 5.74) is 0. The number of nitrogens with one attached hydrogen (secondary N) is 1. The van der Waals surface area contributed by atoms with E-state index in [1.165, 1.54) is 0 Å². The van der Waals surface area contributed by atoms with Crippen LogP contribution in [0.1, 0.15) is 18.7 Å². The second-order valence-electron chi connectivity index (χ2n) is 3.05. The fourth-order valence-electron chi connectivity index (χ4n) is 1.15. The normalized spacial score (nSPS) is 12.6. The molecule has 1 heterocycles. The molecule has 1 rings (SSSR count). The molecule has 0 aromatic carbocycles. The third-order valence-corrected chi connectivity index (χ3v) is 2.87. The lowest BCUT2D eigenvalue weighted by Gasteiger charge is -2.10. The average molecular weight is 211 g/mol. The molecule has 0 aliphatic heterocycles. The predicted octanol–water partition coefficient (Wildman–Crippen LogP) is 2.85. The van der Waals surface area contributed by atoms with Crippen molar-refractivity contribution in [1.29, 1.82) is 0 Å². The van der Waals surface area contributed by atoms with Crippen molar-refractivity contribution in [3.63, 3.8) is 0 Å². The van der Waals surface area contributed by atoms with Crippen LogP contribution >= 0.6 is 11.8 Å². The van der Waals surface area contributed by atoms with Crippen LogP contribution in [0.15, 0.2) is 35.5 Å². The third kappa shape index (κ3) is 4.03. The Morgan fingerprint density at radius 3 is 3.21 bits per heavy atom. The highest BCUT2D eigenvalue weighted by atomic mass is 32.2. The van der Waals surface area contributed by atoms with Gasteiger partial charge in [-0.05, 0) is 19.1 Å². The highest BCUT2D eigenvalue weighted by Crippen LogP contribution is 2.11. The van der Waals surface area contributed by atoms with Gasteiger partial charge in [0, 0.05) is 18.1 Å². The van der Waals surface area contributed by atoms with E-state index in [9.17, 15) is 0 Å². The van der Waals surface area contributed by atoms with E-state index in [2.05, 4.69) is 18.8 Å². The van der Waals surface area contributed by atoms with Crippen molar-refractivity contribution in [2.24, 2.45) is 0 Å². The summed E-state index contributed by atoms with van der Waals surface area (Å²) < 4.78 is 5.29. The lowest BCUT2D eigenvalue weighted by molar-refractivity contribution is 0.438. The van der Waals surface area contributed by atoms with Crippen LogP contribution in [0.2, 0.25) is 0 Å². The van der Waals surface area contributed by atoms with Crippen LogP contribution in [0.3, 0.4) is 0 Å². The molecule has 0 radical (unpaired) electrons. The van der Waals surface area contributed by atoms with Gasteiger partial charge in [0.2, 0.25) is 0 Å². The number of rotatable bonds is 7. The molecular formula is C11H17NOS. The molecule has 0 fully saturated rings. The molecule has 3 heteroatoms. The van der Waals surface area contributed by atoms with Crippen molar-refractivity contribution < 1.29 is 4.42 Å². The second kappa shape index (κ2) is 6.74. The fraction of sp³-hybridized carbons (Fsp3) is 0.455. The molecule has 14 heavy (non-hydrogen) atoms. The molecule has 0 aliphatic carbocycles. The number of furan rings is 1. The van der Waals surface area contributed by atoms with E-state index in [1.807, 2.05) is 30.0 Å². The molecule has 0 bridgehead atoms. The Morgan fingerprint density at radius 2 is 2.57 bits per heavy atom. The maximum absolute atomic E-state index is 5.29. The minimum absolute atomic E-state index is 0.300. The lowest BCUT2D eigenvalue weighted by Crippen LogP contribution is -2.20. The number of hydrogen-bond acceptors (Lipinski definition) is 3. The Hall–Kier alpha value is -0.670. The molecule has 0 saturated carbocycles. The van der Waals surface area contributed by atoms with Gasteiger partial charge >= 0.3 is 0 Å². The van der Waals surface area contributed by atoms with Gasteiger partial charge in [-0.25, -0.2) is 0 Å². The quantitative estimate of drug-likeness (QED) is 0.554. The minimum atomic E-state index is 0.300. The van der Waals surface area contributed by atoms with Crippen LogP contribution in [-0.2, 0) is 0 Å². The van der Waals surface area contributed by atoms with Crippen molar-refractivity contribution >= 4 is 11.8 Å². The Bertz CT molecular complexity index is 246. The van der Waals surface area contributed by atoms with E-state index in [0.29, 0.717) is 6.04 Å². The van der Waals surface area contributed by atoms with E-state index >= 15 is 0 Å². The van der Waals surface area contributed by atoms with Gasteiger partial charge in [0.05, 0.1) is 12.3 Å². The minimum Gasteiger partial charge on any atom is -0.468 e. The Morgan fingerprint density at radius 1 is 1.71 bits per heavy atom. The van der Waals surface area contributed by atoms with E-state index in [0.717, 1.165) is 23.8 Å². The van der Waals surface area contributed by atoms with Crippen molar-refractivity contribution in [2.75, 3.05) is 18.1 Å². The average Bonchev–Trinajstić information content (AvgIpc) is 2.70. The molecule has 1 aromatic heterocycles. The maximum Gasteiger partial charge on any atom is 0.120 e. The lowest BCUT2D eigenvalue weighted by atomic mass is 10.2. The molecule has 0 spiro atoms. The maximum atomic E-state index is 5.29. The van der Waals surface area contributed by atoms with Crippen LogP contribution < -0.4 is 5.32 Å². The van der Waals surface area contributed by atoms with Gasteiger partial charge in [0.1, 0.15) is 5.76 Å². The zero-order chi connectivity index (χ0) is 10.2. The Labute approximate surface area is 89.8 Å². The Balaban J connectivity index is 2.10. The summed E-state index contributed by atoms with van der Waals surface area (Å²) in [4.78, 5) is 0. The molecule has 0 aliphatic rings. The van der Waals surface area contributed by atoms with Gasteiger partial charge in [0.15, 0.2) is 0 Å². The molecule has 1 aromatic rings. The van der Waals surface area contributed by atoms with Crippen molar-refractivity contribution in [2.45, 2.75) is 13.0 Å². The zero-order valence-electron chi connectivity index (χ0n) is 8.53. The van der Waals surface area contributed by atoms with E-state index in [1.54, 1.807) is 6.26 Å². The molecule has 1 N–H and O–H groups in total. The van der Waals surface area contributed by atoms with Crippen LogP contribution in [0.4, 0.5) is 0 Å². The highest BCUT2D eigenvalue weighted by Gasteiger charge is 2.05. The van der Waals surface area contributed by atoms with Gasteiger partial charge in [-0.2, -0.15) is 11.8 Å². The van der Waals surface area contributed by atoms with E-state index in [-0.39, 0.29) is 0 Å². The summed E-state index contributed by atoms with van der Waals surface area (Å²) in [6.07, 6.45) is 3.64. The van der Waals surface area contributed by atoms with Crippen molar-refractivity contribution in [3.05, 3.63) is 36.8 Å². The van der Waals surface area contributed by atoms with Gasteiger partial charge in [0.25, 0.3) is 0 Å². The van der Waals surface area contributed by atoms with Crippen LogP contribution in [-0.4, -0.2) is 18.1 Å². The topological polar surface area (TPSA) is 25.2 Å². The van der Waals surface area contributed by atoms with Crippen molar-refractivity contribution in [1.82, 2.24) is 5.32 Å². The largest absolute Gasteiger partial charge is 0.468 e. The molecule has 1 unspecified atom stereocenters. The van der Waals surface area contributed by atoms with Crippen molar-refractivity contribution in [3.8, 4) is 0 Å². The molecule has 2 nitrogen and oxygen atoms in total. The zero-order valence-corrected chi connectivity index (χ0v) is 9.35. The summed E-state index contributed by atoms with van der Waals surface area (Å²) in [5, 5.41) is 3.40. The van der Waals surface area contributed by atoms with Gasteiger partial charge < -0.3 is 9.73 Å². The van der Waals surface area contributed by atoms with Gasteiger partial charge in [-0.1, -0.05) is 6.08 Å². The summed E-state index contributed by atoms with van der Waals surface area (Å²) in [6, 6.07) is 4.21. The molecule has 1 atom stereocenters. The summed E-state index contributed by atoms with van der Waals surface area (Å²) in [5.74, 6) is 3.13. The first-order valence-electron chi connectivity index (χ1n) is 4.80. The summed E-state index contributed by atoms with van der Waals surface area (Å²) in [7, 11) is 0. The monoisotopic (exact) mass is 211 g/mol. The first-order valence-corrected chi connectivity index (χ1v) is 5.95. The summed E-state index contributed by atoms with van der Waals surface area (Å²) >= 11 is 1.88. The van der Waals surface area contributed by atoms with Gasteiger partial charge in [-0.3, -0.25) is 0 Å².